The van der Waals surface area contributed by atoms with Crippen molar-refractivity contribution in [1.29, 1.82) is 0 Å². The first-order chi connectivity index (χ1) is 21.3. The largest absolute Gasteiger partial charge is 0.396 e. The van der Waals surface area contributed by atoms with E-state index in [2.05, 4.69) is 10.6 Å². The number of amides is 2. The summed E-state index contributed by atoms with van der Waals surface area (Å²) in [6.45, 7) is -2.32. The summed E-state index contributed by atoms with van der Waals surface area (Å²) >= 11 is 0. The Morgan fingerprint density at radius 1 is 0.689 bits per heavy atom. The zero-order valence-corrected chi connectivity index (χ0v) is 25.2. The molecule has 45 heavy (non-hydrogen) atoms. The zero-order valence-electron chi connectivity index (χ0n) is 25.2. The van der Waals surface area contributed by atoms with Crippen LogP contribution in [0.2, 0.25) is 0 Å². The molecular formula is C26H52N4O15. The van der Waals surface area contributed by atoms with E-state index in [1.165, 1.54) is 4.90 Å². The Morgan fingerprint density at radius 2 is 1.11 bits per heavy atom. The van der Waals surface area contributed by atoms with Gasteiger partial charge < -0.3 is 81.7 Å². The number of nitrogens with two attached hydrogens (primary N) is 1. The van der Waals surface area contributed by atoms with Gasteiger partial charge in [-0.3, -0.25) is 14.5 Å². The summed E-state index contributed by atoms with van der Waals surface area (Å²) in [5.41, 5.74) is 5.51. The number of carbonyl (C=O) groups excluding carboxylic acids is 3. The van der Waals surface area contributed by atoms with Gasteiger partial charge in [0.1, 0.15) is 30.7 Å². The van der Waals surface area contributed by atoms with Gasteiger partial charge in [-0.2, -0.15) is 0 Å². The molecule has 19 heteroatoms. The maximum atomic E-state index is 12.6. The quantitative estimate of drug-likeness (QED) is 0.0210. The molecule has 0 aliphatic carbocycles. The minimum absolute atomic E-state index is 0.173. The van der Waals surface area contributed by atoms with E-state index in [1.807, 2.05) is 0 Å². The van der Waals surface area contributed by atoms with Gasteiger partial charge >= 0.3 is 0 Å². The van der Waals surface area contributed by atoms with Gasteiger partial charge in [-0.05, 0) is 32.2 Å². The average molecular weight is 661 g/mol. The Balaban J connectivity index is 4.89. The van der Waals surface area contributed by atoms with Crippen molar-refractivity contribution < 1.29 is 74.9 Å². The molecule has 0 heterocycles. The Labute approximate surface area is 261 Å². The molecule has 0 radical (unpaired) electrons. The van der Waals surface area contributed by atoms with Gasteiger partial charge in [0, 0.05) is 26.3 Å². The van der Waals surface area contributed by atoms with Crippen LogP contribution in [-0.2, 0) is 23.9 Å². The molecule has 0 bridgehead atoms. The van der Waals surface area contributed by atoms with Crippen LogP contribution in [0.4, 0.5) is 0 Å². The zero-order chi connectivity index (χ0) is 34.4. The summed E-state index contributed by atoms with van der Waals surface area (Å²) in [5, 5.41) is 101. The minimum Gasteiger partial charge on any atom is -0.396 e. The van der Waals surface area contributed by atoms with Crippen molar-refractivity contribution in [3.8, 4) is 0 Å². The maximum absolute atomic E-state index is 12.6. The fraction of sp³-hybridized carbons (Fsp3) is 0.885. The Morgan fingerprint density at radius 3 is 1.47 bits per heavy atom. The van der Waals surface area contributed by atoms with Crippen molar-refractivity contribution in [3.05, 3.63) is 0 Å². The smallest absolute Gasteiger partial charge is 0.234 e. The number of aliphatic hydroxyl groups is 10. The highest BCUT2D eigenvalue weighted by atomic mass is 16.6. The fourth-order valence-electron chi connectivity index (χ4n) is 3.94. The summed E-state index contributed by atoms with van der Waals surface area (Å²) in [6, 6.07) is -0.826. The Kier molecular flexibility index (Phi) is 24.1. The molecule has 9 atom stereocenters. The van der Waals surface area contributed by atoms with Gasteiger partial charge in [-0.25, -0.2) is 0 Å². The number of hydrogen-bond donors (Lipinski definition) is 13. The van der Waals surface area contributed by atoms with Crippen molar-refractivity contribution in [3.63, 3.8) is 0 Å². The Bertz CT molecular complexity index is 749. The van der Waals surface area contributed by atoms with Crippen molar-refractivity contribution in [2.24, 2.45) is 5.73 Å². The van der Waals surface area contributed by atoms with Crippen LogP contribution in [-0.4, -0.2) is 188 Å². The van der Waals surface area contributed by atoms with Gasteiger partial charge in [0.25, 0.3) is 0 Å². The summed E-state index contributed by atoms with van der Waals surface area (Å²) in [5.74, 6) is -1.24. The predicted molar refractivity (Wildman–Crippen MR) is 154 cm³/mol. The summed E-state index contributed by atoms with van der Waals surface area (Å²) in [4.78, 5) is 38.3. The van der Waals surface area contributed by atoms with E-state index in [1.54, 1.807) is 0 Å². The van der Waals surface area contributed by atoms with Crippen LogP contribution >= 0.6 is 0 Å². The molecule has 0 aromatic carbocycles. The predicted octanol–water partition coefficient (Wildman–Crippen LogP) is -7.18. The molecule has 14 N–H and O–H groups in total. The second-order valence-corrected chi connectivity index (χ2v) is 10.2. The standard InChI is InChI=1S/C26H52N4O15/c27-6-2-1-3-16(15-33)30(13-19(36)28-7-11-44-25(42)23(40)21(38)17(34)4-9-31)14-20(37)29-8-12-45-26(43)24(41)22(39)18(35)5-10-32/h15-18,21-26,31-32,34-35,38-43H,1-14,27H2,(H,28,36)(H,29,37)/t16-,17?,18?,21?,22?,23?,24?,25?,26?/m0/s1. The molecule has 0 aromatic heterocycles. The normalized spacial score (nSPS) is 17.9. The first-order valence-corrected chi connectivity index (χ1v) is 14.7. The van der Waals surface area contributed by atoms with Crippen molar-refractivity contribution in [2.75, 3.05) is 59.2 Å². The number of nitrogens with zero attached hydrogens (tertiary/aromatic N) is 1. The third-order valence-electron chi connectivity index (χ3n) is 6.62. The van der Waals surface area contributed by atoms with Crippen molar-refractivity contribution in [2.45, 2.75) is 87.3 Å². The highest BCUT2D eigenvalue weighted by Gasteiger charge is 2.32. The van der Waals surface area contributed by atoms with Crippen LogP contribution in [0.5, 0.6) is 0 Å². The van der Waals surface area contributed by atoms with Gasteiger partial charge in [0.15, 0.2) is 12.6 Å². The highest BCUT2D eigenvalue weighted by molar-refractivity contribution is 5.82. The van der Waals surface area contributed by atoms with Crippen LogP contribution in [0.3, 0.4) is 0 Å². The fourth-order valence-corrected chi connectivity index (χ4v) is 3.94. The number of ether oxygens (including phenoxy) is 2. The number of unbranched alkanes of at least 4 members (excludes halogenated alkanes) is 1. The molecule has 266 valence electrons. The third-order valence-corrected chi connectivity index (χ3v) is 6.62. The number of nitrogens with one attached hydrogen (secondary N) is 2. The van der Waals surface area contributed by atoms with Gasteiger partial charge in [-0.15, -0.1) is 0 Å². The van der Waals surface area contributed by atoms with E-state index in [9.17, 15) is 55.2 Å². The van der Waals surface area contributed by atoms with Gasteiger partial charge in [0.2, 0.25) is 11.8 Å². The Hall–Kier alpha value is -1.95. The van der Waals surface area contributed by atoms with Crippen LogP contribution in [0, 0.1) is 0 Å². The lowest BCUT2D eigenvalue weighted by molar-refractivity contribution is -0.202. The van der Waals surface area contributed by atoms with E-state index >= 15 is 0 Å². The lowest BCUT2D eigenvalue weighted by Crippen LogP contribution is -2.49. The monoisotopic (exact) mass is 660 g/mol. The van der Waals surface area contributed by atoms with E-state index < -0.39 is 93.4 Å². The van der Waals surface area contributed by atoms with E-state index in [0.717, 1.165) is 0 Å². The molecule has 0 saturated carbocycles. The van der Waals surface area contributed by atoms with Crippen molar-refractivity contribution >= 4 is 18.1 Å². The molecule has 0 rings (SSSR count). The SMILES string of the molecule is NCCCC[C@@H](C=O)N(CC(=O)NCCOC(O)C(O)C(O)C(O)CCO)CC(=O)NCCOC(O)C(O)C(O)C(O)CCO. The van der Waals surface area contributed by atoms with Gasteiger partial charge in [-0.1, -0.05) is 6.42 Å². The van der Waals surface area contributed by atoms with Crippen LogP contribution in [0.25, 0.3) is 0 Å². The second kappa shape index (κ2) is 25.2. The topological polar surface area (TPSA) is 325 Å². The van der Waals surface area contributed by atoms with Crippen LogP contribution < -0.4 is 16.4 Å². The van der Waals surface area contributed by atoms with Crippen LogP contribution in [0.1, 0.15) is 32.1 Å². The lowest BCUT2D eigenvalue weighted by atomic mass is 10.1. The molecule has 0 aliphatic rings. The lowest BCUT2D eigenvalue weighted by Gasteiger charge is -2.28. The van der Waals surface area contributed by atoms with Gasteiger partial charge in [0.05, 0.1) is 44.6 Å². The van der Waals surface area contributed by atoms with Crippen LogP contribution in [0.15, 0.2) is 0 Å². The first kappa shape index (κ1) is 43.0. The molecule has 2 amide bonds. The number of aliphatic hydroxyl groups excluding tert-OH is 10. The molecule has 19 nitrogen and oxygen atoms in total. The summed E-state index contributed by atoms with van der Waals surface area (Å²) in [6.07, 6.45) is -12.7. The minimum atomic E-state index is -1.91. The molecule has 0 spiro atoms. The second-order valence-electron chi connectivity index (χ2n) is 10.2. The highest BCUT2D eigenvalue weighted by Crippen LogP contribution is 2.10. The molecule has 0 fully saturated rings. The first-order valence-electron chi connectivity index (χ1n) is 14.7. The number of aldehydes is 1. The van der Waals surface area contributed by atoms with Crippen molar-refractivity contribution in [1.82, 2.24) is 15.5 Å². The van der Waals surface area contributed by atoms with E-state index in [4.69, 9.17) is 25.4 Å². The molecule has 8 unspecified atom stereocenters. The molecule has 0 aromatic rings. The van der Waals surface area contributed by atoms with E-state index in [0.29, 0.717) is 32.1 Å². The summed E-state index contributed by atoms with van der Waals surface area (Å²) in [7, 11) is 0. The number of rotatable bonds is 28. The molecular weight excluding hydrogens is 608 g/mol. The molecule has 0 saturated heterocycles. The maximum Gasteiger partial charge on any atom is 0.234 e. The number of carbonyl (C=O) groups is 3. The third kappa shape index (κ3) is 18.1. The molecule has 0 aliphatic heterocycles. The average Bonchev–Trinajstić information content (AvgIpc) is 3.01. The van der Waals surface area contributed by atoms with E-state index in [-0.39, 0.29) is 39.1 Å². The summed E-state index contributed by atoms with van der Waals surface area (Å²) < 4.78 is 9.92. The number of hydrogen-bond acceptors (Lipinski definition) is 17.